The minimum Gasteiger partial charge on any atom is -0.481 e. The molecule has 0 aromatic heterocycles. The van der Waals surface area contributed by atoms with Gasteiger partial charge in [0.05, 0.1) is 18.6 Å². The molecular weight excluding hydrogens is 1260 g/mol. The Labute approximate surface area is 649 Å². The maximum absolute atomic E-state index is 17.1. The minimum atomic E-state index is -0.950. The van der Waals surface area contributed by atoms with E-state index >= 15 is 4.79 Å². The first-order valence-electron chi connectivity index (χ1n) is 47.8. The molecule has 0 aromatic rings. The second-order valence-electron chi connectivity index (χ2n) is 35.4. The van der Waals surface area contributed by atoms with Gasteiger partial charge in [-0.2, -0.15) is 0 Å². The number of aliphatic hydroxyl groups excluding tert-OH is 1. The number of rotatable bonds is 82. The molecule has 0 aromatic carbocycles. The molecular formula is C97H193NO5. The molecule has 8 atom stereocenters. The molecule has 6 heteroatoms. The number of esters is 1. The smallest absolute Gasteiger partial charge is 0.310 e. The van der Waals surface area contributed by atoms with Gasteiger partial charge in [-0.15, -0.1) is 0 Å². The van der Waals surface area contributed by atoms with E-state index in [9.17, 15) is 15.0 Å². The number of aliphatic carboxylic acids is 1. The molecule has 103 heavy (non-hydrogen) atoms. The molecule has 0 aliphatic carbocycles. The highest BCUT2D eigenvalue weighted by atomic mass is 16.5. The summed E-state index contributed by atoms with van der Waals surface area (Å²) < 4.78 is 5.79. The highest BCUT2D eigenvalue weighted by Gasteiger charge is 2.75. The molecule has 8 unspecified atom stereocenters. The van der Waals surface area contributed by atoms with Crippen LogP contribution >= 0.6 is 0 Å². The summed E-state index contributed by atoms with van der Waals surface area (Å²) in [4.78, 5) is 32.8. The van der Waals surface area contributed by atoms with Crippen molar-refractivity contribution in [2.75, 3.05) is 32.8 Å². The van der Waals surface area contributed by atoms with Gasteiger partial charge in [-0.25, -0.2) is 0 Å². The number of hydrogen-bond acceptors (Lipinski definition) is 5. The average molecular weight is 1450 g/mol. The summed E-state index contributed by atoms with van der Waals surface area (Å²) in [5.74, 6) is 1.54. The van der Waals surface area contributed by atoms with Gasteiger partial charge < -0.3 is 19.8 Å². The monoisotopic (exact) mass is 1450 g/mol. The van der Waals surface area contributed by atoms with Gasteiger partial charge in [0.25, 0.3) is 0 Å². The van der Waals surface area contributed by atoms with Crippen molar-refractivity contribution >= 4 is 11.9 Å². The number of aliphatic hydroxyl groups is 1. The maximum Gasteiger partial charge on any atom is 0.310 e. The second-order valence-corrected chi connectivity index (χ2v) is 35.4. The fourth-order valence-corrected chi connectivity index (χ4v) is 21.4. The number of unbranched alkanes of at least 4 members (excludes halogenated alkanes) is 45. The van der Waals surface area contributed by atoms with Crippen LogP contribution in [0.3, 0.4) is 0 Å². The highest BCUT2D eigenvalue weighted by molar-refractivity contribution is 5.77. The third-order valence-corrected chi connectivity index (χ3v) is 27.0. The number of ether oxygens (including phenoxy) is 1. The first-order chi connectivity index (χ1) is 50.1. The zero-order valence-electron chi connectivity index (χ0n) is 73.5. The Kier molecular flexibility index (Phi) is 69.2. The van der Waals surface area contributed by atoms with Crippen LogP contribution in [-0.2, 0) is 14.3 Å². The van der Waals surface area contributed by atoms with Gasteiger partial charge in [-0.3, -0.25) is 9.59 Å². The van der Waals surface area contributed by atoms with Crippen molar-refractivity contribution < 1.29 is 24.5 Å². The predicted octanol–water partition coefficient (Wildman–Crippen LogP) is 32.1. The lowest BCUT2D eigenvalue weighted by Gasteiger charge is -2.74. The Morgan fingerprint density at radius 3 is 0.893 bits per heavy atom. The molecule has 6 nitrogen and oxygen atoms in total. The summed E-state index contributed by atoms with van der Waals surface area (Å²) in [6.45, 7) is 41.2. The quantitative estimate of drug-likeness (QED) is 0.0466. The van der Waals surface area contributed by atoms with Crippen LogP contribution in [0.4, 0.5) is 0 Å². The van der Waals surface area contributed by atoms with Crippen LogP contribution in [0.5, 0.6) is 0 Å². The summed E-state index contributed by atoms with van der Waals surface area (Å²) >= 11 is 0. The first kappa shape index (κ1) is 102. The Balaban J connectivity index is 9.44. The summed E-state index contributed by atoms with van der Waals surface area (Å²) in [5, 5.41) is 25.0. The molecule has 0 aliphatic rings. The van der Waals surface area contributed by atoms with E-state index in [4.69, 9.17) is 4.74 Å². The van der Waals surface area contributed by atoms with Crippen LogP contribution in [0.15, 0.2) is 0 Å². The van der Waals surface area contributed by atoms with Gasteiger partial charge in [-0.1, -0.05) is 463 Å². The van der Waals surface area contributed by atoms with Crippen LogP contribution in [0, 0.1) is 63.6 Å². The van der Waals surface area contributed by atoms with Crippen molar-refractivity contribution in [3.05, 3.63) is 0 Å². The van der Waals surface area contributed by atoms with Gasteiger partial charge in [0, 0.05) is 13.0 Å². The van der Waals surface area contributed by atoms with Crippen LogP contribution in [0.1, 0.15) is 515 Å². The van der Waals surface area contributed by atoms with E-state index in [1.54, 1.807) is 0 Å². The molecule has 0 rings (SSSR count). The number of carboxylic acid groups (broad SMARTS) is 1. The number of hydrogen-bond donors (Lipinski definition) is 2. The number of nitrogens with zero attached hydrogens (tertiary/aromatic N) is 1. The van der Waals surface area contributed by atoms with Crippen molar-refractivity contribution in [1.82, 2.24) is 4.90 Å². The van der Waals surface area contributed by atoms with Crippen LogP contribution in [-0.4, -0.2) is 59.9 Å². The van der Waals surface area contributed by atoms with Gasteiger partial charge in [0.15, 0.2) is 0 Å². The molecule has 0 spiro atoms. The van der Waals surface area contributed by atoms with Gasteiger partial charge >= 0.3 is 11.9 Å². The lowest BCUT2D eigenvalue weighted by molar-refractivity contribution is -0.278. The molecule has 616 valence electrons. The third-order valence-electron chi connectivity index (χ3n) is 27.0. The van der Waals surface area contributed by atoms with Crippen molar-refractivity contribution in [3.8, 4) is 0 Å². The van der Waals surface area contributed by atoms with Crippen LogP contribution < -0.4 is 0 Å². The summed E-state index contributed by atoms with van der Waals surface area (Å²) in [7, 11) is 0. The minimum absolute atomic E-state index is 0.0308. The van der Waals surface area contributed by atoms with Crippen molar-refractivity contribution in [2.24, 2.45) is 63.6 Å². The fraction of sp³-hybridized carbons (Fsp3) is 0.979. The van der Waals surface area contributed by atoms with Crippen molar-refractivity contribution in [1.29, 1.82) is 0 Å². The molecule has 2 N–H and O–H groups in total. The molecule has 0 saturated carbocycles. The average Bonchev–Trinajstić information content (AvgIpc) is 0.668. The summed E-state index contributed by atoms with van der Waals surface area (Å²) in [6, 6.07) is 0. The van der Waals surface area contributed by atoms with Crippen LogP contribution in [0.2, 0.25) is 0 Å². The standard InChI is InChI=1S/C97H193NO5/c1-16-24-32-40-48-49-50-58-69-84-103-93(100)79-67-59-68-80-98(82-83-99)81-70-78-92(85(9)71-60-51-41-33-25-17-2)95(86(10)72-61-52-42-34-26-18-3,87(11)73-62-53-43-35-27-19-4)97(90(14)76-65-56-46-38-30-22-7,91(15)77-66-57-47-39-31-23-8)96(94(101)102,88(12)74-63-54-44-36-28-20-5)89(13)75-64-55-45-37-29-21-6/h85-92,99H,16-84H2,1-15H3,(H,101,102). The van der Waals surface area contributed by atoms with Crippen LogP contribution in [0.25, 0.3) is 0 Å². The molecule has 0 radical (unpaired) electrons. The lowest BCUT2D eigenvalue weighted by Crippen LogP contribution is -2.73. The topological polar surface area (TPSA) is 87.1 Å². The number of carbonyl (C=O) groups is 2. The highest BCUT2D eigenvalue weighted by Crippen LogP contribution is 2.77. The molecule has 0 saturated heterocycles. The maximum atomic E-state index is 17.1. The van der Waals surface area contributed by atoms with E-state index in [1.165, 1.54) is 321 Å². The molecule has 0 aliphatic heterocycles. The zero-order valence-corrected chi connectivity index (χ0v) is 73.5. The van der Waals surface area contributed by atoms with E-state index in [1.807, 2.05) is 0 Å². The third kappa shape index (κ3) is 41.6. The largest absolute Gasteiger partial charge is 0.481 e. The summed E-state index contributed by atoms with van der Waals surface area (Å²) in [6.07, 6.45) is 78.1. The van der Waals surface area contributed by atoms with Crippen molar-refractivity contribution in [2.45, 2.75) is 515 Å². The number of carboxylic acids is 1. The Hall–Kier alpha value is -1.14. The summed E-state index contributed by atoms with van der Waals surface area (Å²) in [5.41, 5.74) is -1.74. The van der Waals surface area contributed by atoms with Gasteiger partial charge in [-0.05, 0) is 116 Å². The lowest BCUT2D eigenvalue weighted by atomic mass is 9.29. The SMILES string of the molecule is CCCCCCCCCCCOC(=O)CCCCCN(CCO)CCCC(C(C)CCCCCCCC)C(C(C)CCCCCCCC)(C(C)CCCCCCCC)C(C(C)CCCCCCCC)(C(C)CCCCCCCC)C(C(=O)O)(C(C)CCCCCCCC)C(C)CCCCCCCC. The zero-order chi connectivity index (χ0) is 76.3. The molecule has 0 heterocycles. The second kappa shape index (κ2) is 70.0. The van der Waals surface area contributed by atoms with E-state index < -0.39 is 16.8 Å². The molecule has 0 bridgehead atoms. The van der Waals surface area contributed by atoms with E-state index in [0.717, 1.165) is 96.6 Å². The fourth-order valence-electron chi connectivity index (χ4n) is 21.4. The molecule has 0 fully saturated rings. The van der Waals surface area contributed by atoms with Gasteiger partial charge in [0.1, 0.15) is 0 Å². The first-order valence-corrected chi connectivity index (χ1v) is 47.8. The van der Waals surface area contributed by atoms with Crippen molar-refractivity contribution in [3.63, 3.8) is 0 Å². The van der Waals surface area contributed by atoms with E-state index in [0.29, 0.717) is 43.2 Å². The normalized spacial score (nSPS) is 16.2. The Morgan fingerprint density at radius 2 is 0.573 bits per heavy atom. The predicted molar refractivity (Wildman–Crippen MR) is 458 cm³/mol. The molecule has 0 amide bonds. The Bertz CT molecular complexity index is 1730. The Morgan fingerprint density at radius 1 is 0.301 bits per heavy atom. The van der Waals surface area contributed by atoms with E-state index in [2.05, 4.69) is 109 Å². The van der Waals surface area contributed by atoms with E-state index in [-0.39, 0.29) is 41.7 Å². The number of carbonyl (C=O) groups excluding carboxylic acids is 1. The van der Waals surface area contributed by atoms with Gasteiger partial charge in [0.2, 0.25) is 0 Å².